The Kier molecular flexibility index (Phi) is 4.43. The van der Waals surface area contributed by atoms with Crippen LogP contribution in [-0.4, -0.2) is 16.7 Å². The molecule has 0 aliphatic carbocycles. The summed E-state index contributed by atoms with van der Waals surface area (Å²) in [5.74, 6) is -0.137. The van der Waals surface area contributed by atoms with Crippen molar-refractivity contribution >= 4 is 11.3 Å². The molecule has 2 aromatic heterocycles. The van der Waals surface area contributed by atoms with Crippen LogP contribution in [0.3, 0.4) is 0 Å². The number of halogens is 1. The number of rotatable bonds is 6. The molecule has 0 aliphatic heterocycles. The summed E-state index contributed by atoms with van der Waals surface area (Å²) < 4.78 is 13.5. The van der Waals surface area contributed by atoms with E-state index >= 15 is 0 Å². The molecular formula is C16H16FN3S. The molecule has 5 heteroatoms. The van der Waals surface area contributed by atoms with Gasteiger partial charge >= 0.3 is 0 Å². The van der Waals surface area contributed by atoms with Crippen molar-refractivity contribution in [1.29, 1.82) is 0 Å². The first-order chi connectivity index (χ1) is 10.3. The number of hydrogen-bond donors (Lipinski definition) is 2. The van der Waals surface area contributed by atoms with Gasteiger partial charge in [0, 0.05) is 12.1 Å². The third kappa shape index (κ3) is 3.37. The number of aromatic amines is 1. The molecule has 0 fully saturated rings. The summed E-state index contributed by atoms with van der Waals surface area (Å²) in [4.78, 5) is 1.18. The van der Waals surface area contributed by atoms with E-state index in [9.17, 15) is 4.39 Å². The zero-order valence-corrected chi connectivity index (χ0v) is 12.3. The SMILES string of the molecule is Fc1ccccc1CCNCc1cn[nH]c1-c1cccs1. The summed E-state index contributed by atoms with van der Waals surface area (Å²) in [6.45, 7) is 1.45. The first kappa shape index (κ1) is 14.0. The highest BCUT2D eigenvalue weighted by atomic mass is 32.1. The zero-order valence-electron chi connectivity index (χ0n) is 11.5. The van der Waals surface area contributed by atoms with Crippen LogP contribution in [0.4, 0.5) is 4.39 Å². The average molecular weight is 301 g/mol. The molecule has 3 rings (SSSR count). The standard InChI is InChI=1S/C16H16FN3S/c17-14-5-2-1-4-12(14)7-8-18-10-13-11-19-20-16(13)15-6-3-9-21-15/h1-6,9,11,18H,7-8,10H2,(H,19,20). The van der Waals surface area contributed by atoms with Crippen molar-refractivity contribution in [2.45, 2.75) is 13.0 Å². The van der Waals surface area contributed by atoms with Crippen molar-refractivity contribution < 1.29 is 4.39 Å². The minimum atomic E-state index is -0.137. The van der Waals surface area contributed by atoms with E-state index in [1.165, 1.54) is 10.9 Å². The molecule has 0 saturated carbocycles. The minimum Gasteiger partial charge on any atom is -0.312 e. The fourth-order valence-corrected chi connectivity index (χ4v) is 2.98. The Morgan fingerprint density at radius 2 is 2.05 bits per heavy atom. The number of aromatic nitrogens is 2. The van der Waals surface area contributed by atoms with E-state index in [0.717, 1.165) is 29.9 Å². The van der Waals surface area contributed by atoms with Crippen LogP contribution < -0.4 is 5.32 Å². The second-order valence-electron chi connectivity index (χ2n) is 4.77. The van der Waals surface area contributed by atoms with Crippen molar-refractivity contribution in [2.24, 2.45) is 0 Å². The van der Waals surface area contributed by atoms with E-state index in [1.807, 2.05) is 29.8 Å². The van der Waals surface area contributed by atoms with E-state index < -0.39 is 0 Å². The summed E-state index contributed by atoms with van der Waals surface area (Å²) in [6, 6.07) is 11.0. The average Bonchev–Trinajstić information content (AvgIpc) is 3.16. The second kappa shape index (κ2) is 6.65. The van der Waals surface area contributed by atoms with Crippen LogP contribution in [0.25, 0.3) is 10.6 Å². The summed E-state index contributed by atoms with van der Waals surface area (Å²) >= 11 is 1.68. The highest BCUT2D eigenvalue weighted by molar-refractivity contribution is 7.13. The van der Waals surface area contributed by atoms with Gasteiger partial charge in [-0.3, -0.25) is 5.10 Å². The summed E-state index contributed by atoms with van der Waals surface area (Å²) in [6.07, 6.45) is 2.52. The predicted octanol–water partition coefficient (Wildman–Crippen LogP) is 3.61. The van der Waals surface area contributed by atoms with Gasteiger partial charge in [-0.15, -0.1) is 11.3 Å². The molecule has 2 N–H and O–H groups in total. The van der Waals surface area contributed by atoms with Crippen LogP contribution in [0.1, 0.15) is 11.1 Å². The molecule has 1 aromatic carbocycles. The van der Waals surface area contributed by atoms with Gasteiger partial charge in [-0.1, -0.05) is 24.3 Å². The largest absolute Gasteiger partial charge is 0.312 e. The summed E-state index contributed by atoms with van der Waals surface area (Å²) in [5, 5.41) is 12.5. The van der Waals surface area contributed by atoms with Crippen LogP contribution in [-0.2, 0) is 13.0 Å². The van der Waals surface area contributed by atoms with Gasteiger partial charge in [0.05, 0.1) is 16.8 Å². The fraction of sp³-hybridized carbons (Fsp3) is 0.188. The van der Waals surface area contributed by atoms with Crippen molar-refractivity contribution in [3.8, 4) is 10.6 Å². The molecule has 0 saturated heterocycles. The topological polar surface area (TPSA) is 40.7 Å². The molecule has 0 atom stereocenters. The Balaban J connectivity index is 1.55. The Bertz CT molecular complexity index is 691. The normalized spacial score (nSPS) is 10.9. The van der Waals surface area contributed by atoms with Crippen molar-refractivity contribution in [3.63, 3.8) is 0 Å². The molecule has 108 valence electrons. The molecule has 0 radical (unpaired) electrons. The molecule has 21 heavy (non-hydrogen) atoms. The highest BCUT2D eigenvalue weighted by Gasteiger charge is 2.08. The van der Waals surface area contributed by atoms with Crippen molar-refractivity contribution in [1.82, 2.24) is 15.5 Å². The van der Waals surface area contributed by atoms with E-state index in [1.54, 1.807) is 17.4 Å². The lowest BCUT2D eigenvalue weighted by Gasteiger charge is -2.06. The maximum atomic E-state index is 13.5. The lowest BCUT2D eigenvalue weighted by atomic mass is 10.1. The number of nitrogens with zero attached hydrogens (tertiary/aromatic N) is 1. The van der Waals surface area contributed by atoms with Gasteiger partial charge in [-0.25, -0.2) is 4.39 Å². The first-order valence-electron chi connectivity index (χ1n) is 6.85. The van der Waals surface area contributed by atoms with Gasteiger partial charge in [-0.05, 0) is 36.0 Å². The maximum Gasteiger partial charge on any atom is 0.126 e. The predicted molar refractivity (Wildman–Crippen MR) is 83.7 cm³/mol. The number of thiophene rings is 1. The smallest absolute Gasteiger partial charge is 0.126 e. The Hall–Kier alpha value is -1.98. The van der Waals surface area contributed by atoms with Crippen LogP contribution in [0.15, 0.2) is 48.0 Å². The lowest BCUT2D eigenvalue weighted by Crippen LogP contribution is -2.17. The molecule has 0 unspecified atom stereocenters. The molecule has 0 amide bonds. The monoisotopic (exact) mass is 301 g/mol. The van der Waals surface area contributed by atoms with E-state index in [2.05, 4.69) is 21.6 Å². The fourth-order valence-electron chi connectivity index (χ4n) is 2.23. The zero-order chi connectivity index (χ0) is 14.5. The molecule has 0 spiro atoms. The van der Waals surface area contributed by atoms with Gasteiger partial charge in [0.1, 0.15) is 5.82 Å². The quantitative estimate of drug-likeness (QED) is 0.683. The third-order valence-corrected chi connectivity index (χ3v) is 4.22. The van der Waals surface area contributed by atoms with Crippen LogP contribution in [0.2, 0.25) is 0 Å². The maximum absolute atomic E-state index is 13.5. The minimum absolute atomic E-state index is 0.137. The van der Waals surface area contributed by atoms with Gasteiger partial charge in [0.15, 0.2) is 0 Å². The van der Waals surface area contributed by atoms with E-state index in [0.29, 0.717) is 6.42 Å². The molecule has 2 heterocycles. The Morgan fingerprint density at radius 3 is 2.86 bits per heavy atom. The Morgan fingerprint density at radius 1 is 1.14 bits per heavy atom. The number of hydrogen-bond acceptors (Lipinski definition) is 3. The van der Waals surface area contributed by atoms with Gasteiger partial charge in [-0.2, -0.15) is 5.10 Å². The molecular weight excluding hydrogens is 285 g/mol. The molecule has 3 aromatic rings. The van der Waals surface area contributed by atoms with Crippen LogP contribution in [0, 0.1) is 5.82 Å². The third-order valence-electron chi connectivity index (χ3n) is 3.33. The first-order valence-corrected chi connectivity index (χ1v) is 7.73. The number of nitrogens with one attached hydrogen (secondary N) is 2. The van der Waals surface area contributed by atoms with Gasteiger partial charge in [0.25, 0.3) is 0 Å². The van der Waals surface area contributed by atoms with Crippen LogP contribution >= 0.6 is 11.3 Å². The van der Waals surface area contributed by atoms with Gasteiger partial charge < -0.3 is 5.32 Å². The van der Waals surface area contributed by atoms with E-state index in [4.69, 9.17) is 0 Å². The van der Waals surface area contributed by atoms with Crippen LogP contribution in [0.5, 0.6) is 0 Å². The van der Waals surface area contributed by atoms with Crippen molar-refractivity contribution in [3.05, 3.63) is 64.9 Å². The summed E-state index contributed by atoms with van der Waals surface area (Å²) in [7, 11) is 0. The molecule has 0 bridgehead atoms. The number of H-pyrrole nitrogens is 1. The number of benzene rings is 1. The Labute approximate surface area is 126 Å². The molecule has 3 nitrogen and oxygen atoms in total. The lowest BCUT2D eigenvalue weighted by molar-refractivity contribution is 0.598. The van der Waals surface area contributed by atoms with Gasteiger partial charge in [0.2, 0.25) is 0 Å². The second-order valence-corrected chi connectivity index (χ2v) is 5.71. The molecule has 0 aliphatic rings. The van der Waals surface area contributed by atoms with Crippen molar-refractivity contribution in [2.75, 3.05) is 6.54 Å². The van der Waals surface area contributed by atoms with E-state index in [-0.39, 0.29) is 5.82 Å². The highest BCUT2D eigenvalue weighted by Crippen LogP contribution is 2.25. The summed E-state index contributed by atoms with van der Waals surface area (Å²) in [5.41, 5.74) is 2.94.